The molecule has 1 fully saturated rings. The molecule has 2 unspecified atom stereocenters. The predicted molar refractivity (Wildman–Crippen MR) is 88.3 cm³/mol. The van der Waals surface area contributed by atoms with Crippen molar-refractivity contribution >= 4 is 16.5 Å². The van der Waals surface area contributed by atoms with Crippen molar-refractivity contribution in [2.24, 2.45) is 0 Å². The predicted octanol–water partition coefficient (Wildman–Crippen LogP) is 3.14. The van der Waals surface area contributed by atoms with Gasteiger partial charge in [-0.1, -0.05) is 6.92 Å². The van der Waals surface area contributed by atoms with Gasteiger partial charge < -0.3 is 15.0 Å². The number of likely N-dealkylation sites (N-methyl/N-ethyl adjacent to an activating group) is 1. The minimum absolute atomic E-state index is 0.393. The van der Waals surface area contributed by atoms with Gasteiger partial charge in [-0.15, -0.1) is 11.3 Å². The van der Waals surface area contributed by atoms with E-state index in [1.165, 1.54) is 54.2 Å². The summed E-state index contributed by atoms with van der Waals surface area (Å²) in [5, 5.41) is 4.82. The standard InChI is InChI=1S/C16H27N3OS/c1-3-9-17-13-7-4-8-14-15(13)18-16(21-14)19(2)11-12-6-5-10-20-12/h12-13,17H,3-11H2,1-2H3. The third-order valence-corrected chi connectivity index (χ3v) is 5.66. The van der Waals surface area contributed by atoms with E-state index in [9.17, 15) is 0 Å². The Morgan fingerprint density at radius 1 is 1.38 bits per heavy atom. The first-order chi connectivity index (χ1) is 10.3. The van der Waals surface area contributed by atoms with Gasteiger partial charge in [-0.2, -0.15) is 0 Å². The highest BCUT2D eigenvalue weighted by atomic mass is 32.1. The van der Waals surface area contributed by atoms with Crippen LogP contribution in [0.2, 0.25) is 0 Å². The van der Waals surface area contributed by atoms with Crippen molar-refractivity contribution in [1.82, 2.24) is 10.3 Å². The van der Waals surface area contributed by atoms with E-state index < -0.39 is 0 Å². The van der Waals surface area contributed by atoms with Gasteiger partial charge in [0.25, 0.3) is 0 Å². The molecule has 0 radical (unpaired) electrons. The van der Waals surface area contributed by atoms with Gasteiger partial charge >= 0.3 is 0 Å². The molecule has 0 saturated carbocycles. The van der Waals surface area contributed by atoms with Crippen LogP contribution in [0.4, 0.5) is 5.13 Å². The lowest BCUT2D eigenvalue weighted by Gasteiger charge is -2.22. The third kappa shape index (κ3) is 3.58. The van der Waals surface area contributed by atoms with Gasteiger partial charge in [0, 0.05) is 25.1 Å². The number of anilines is 1. The molecule has 21 heavy (non-hydrogen) atoms. The van der Waals surface area contributed by atoms with E-state index in [1.54, 1.807) is 0 Å². The van der Waals surface area contributed by atoms with E-state index in [0.29, 0.717) is 12.1 Å². The second-order valence-electron chi connectivity index (χ2n) is 6.22. The van der Waals surface area contributed by atoms with Gasteiger partial charge in [-0.05, 0) is 45.1 Å². The lowest BCUT2D eigenvalue weighted by atomic mass is 9.97. The Labute approximate surface area is 131 Å². The number of nitrogens with zero attached hydrogens (tertiary/aromatic N) is 2. The molecule has 1 aliphatic carbocycles. The van der Waals surface area contributed by atoms with Crippen LogP contribution in [0.5, 0.6) is 0 Å². The molecule has 1 N–H and O–H groups in total. The summed E-state index contributed by atoms with van der Waals surface area (Å²) in [4.78, 5) is 8.73. The maximum atomic E-state index is 5.74. The molecule has 2 atom stereocenters. The van der Waals surface area contributed by atoms with E-state index >= 15 is 0 Å². The van der Waals surface area contributed by atoms with Crippen molar-refractivity contribution < 1.29 is 4.74 Å². The highest BCUT2D eigenvalue weighted by Crippen LogP contribution is 2.36. The van der Waals surface area contributed by atoms with Crippen LogP contribution in [0.15, 0.2) is 0 Å². The second-order valence-corrected chi connectivity index (χ2v) is 7.28. The summed E-state index contributed by atoms with van der Waals surface area (Å²) in [5.74, 6) is 0. The zero-order valence-corrected chi connectivity index (χ0v) is 14.0. The number of fused-ring (bicyclic) bond motifs is 1. The van der Waals surface area contributed by atoms with Crippen LogP contribution >= 0.6 is 11.3 Å². The zero-order chi connectivity index (χ0) is 14.7. The molecule has 118 valence electrons. The van der Waals surface area contributed by atoms with Crippen molar-refractivity contribution in [3.8, 4) is 0 Å². The van der Waals surface area contributed by atoms with Crippen LogP contribution < -0.4 is 10.2 Å². The van der Waals surface area contributed by atoms with Crippen molar-refractivity contribution in [2.45, 2.75) is 57.6 Å². The molecular formula is C16H27N3OS. The van der Waals surface area contributed by atoms with E-state index in [4.69, 9.17) is 9.72 Å². The monoisotopic (exact) mass is 309 g/mol. The smallest absolute Gasteiger partial charge is 0.185 e. The Morgan fingerprint density at radius 3 is 3.05 bits per heavy atom. The number of ether oxygens (including phenoxy) is 1. The molecule has 0 aromatic carbocycles. The molecule has 0 spiro atoms. The Kier molecular flexibility index (Phi) is 5.14. The normalized spacial score (nSPS) is 25.0. The number of hydrogen-bond donors (Lipinski definition) is 1. The molecule has 0 bridgehead atoms. The molecular weight excluding hydrogens is 282 g/mol. The minimum Gasteiger partial charge on any atom is -0.376 e. The number of rotatable bonds is 6. The third-order valence-electron chi connectivity index (χ3n) is 4.41. The van der Waals surface area contributed by atoms with Gasteiger partial charge in [-0.25, -0.2) is 4.98 Å². The summed E-state index contributed by atoms with van der Waals surface area (Å²) >= 11 is 1.88. The van der Waals surface area contributed by atoms with Gasteiger partial charge in [0.15, 0.2) is 5.13 Å². The van der Waals surface area contributed by atoms with E-state index in [-0.39, 0.29) is 0 Å². The van der Waals surface area contributed by atoms with Gasteiger partial charge in [-0.3, -0.25) is 0 Å². The average Bonchev–Trinajstić information content (AvgIpc) is 3.13. The molecule has 1 saturated heterocycles. The number of aryl methyl sites for hydroxylation is 1. The number of thiazole rings is 1. The fourth-order valence-electron chi connectivity index (χ4n) is 3.26. The quantitative estimate of drug-likeness (QED) is 0.876. The van der Waals surface area contributed by atoms with Crippen LogP contribution in [-0.2, 0) is 11.2 Å². The van der Waals surface area contributed by atoms with Crippen LogP contribution in [0.25, 0.3) is 0 Å². The fourth-order valence-corrected chi connectivity index (χ4v) is 4.39. The molecule has 2 aliphatic rings. The molecule has 5 heteroatoms. The summed E-state index contributed by atoms with van der Waals surface area (Å²) in [6, 6.07) is 0.467. The lowest BCUT2D eigenvalue weighted by molar-refractivity contribution is 0.116. The van der Waals surface area contributed by atoms with E-state index in [2.05, 4.69) is 24.2 Å². The summed E-state index contributed by atoms with van der Waals surface area (Å²) in [7, 11) is 2.15. The largest absolute Gasteiger partial charge is 0.376 e. The highest BCUT2D eigenvalue weighted by molar-refractivity contribution is 7.15. The Bertz CT molecular complexity index is 456. The molecule has 1 aliphatic heterocycles. The molecule has 3 rings (SSSR count). The van der Waals surface area contributed by atoms with E-state index in [1.807, 2.05) is 11.3 Å². The molecule has 1 aromatic rings. The summed E-state index contributed by atoms with van der Waals surface area (Å²) in [6.07, 6.45) is 7.68. The van der Waals surface area contributed by atoms with Crippen molar-refractivity contribution in [3.05, 3.63) is 10.6 Å². The van der Waals surface area contributed by atoms with Crippen LogP contribution in [0.1, 0.15) is 55.6 Å². The summed E-state index contributed by atoms with van der Waals surface area (Å²) in [6.45, 7) is 5.21. The van der Waals surface area contributed by atoms with Gasteiger partial charge in [0.05, 0.1) is 17.8 Å². The highest BCUT2D eigenvalue weighted by Gasteiger charge is 2.26. The lowest BCUT2D eigenvalue weighted by Crippen LogP contribution is -2.29. The average molecular weight is 309 g/mol. The number of hydrogen-bond acceptors (Lipinski definition) is 5. The number of nitrogens with one attached hydrogen (secondary N) is 1. The summed E-state index contributed by atoms with van der Waals surface area (Å²) in [5.41, 5.74) is 1.31. The molecule has 0 amide bonds. The zero-order valence-electron chi connectivity index (χ0n) is 13.2. The molecule has 1 aromatic heterocycles. The topological polar surface area (TPSA) is 37.4 Å². The SMILES string of the molecule is CCCNC1CCCc2sc(N(C)CC3CCCO3)nc21. The van der Waals surface area contributed by atoms with Crippen LogP contribution in [0, 0.1) is 0 Å². The van der Waals surface area contributed by atoms with Crippen LogP contribution in [-0.4, -0.2) is 37.8 Å². The maximum absolute atomic E-state index is 5.74. The van der Waals surface area contributed by atoms with Crippen molar-refractivity contribution in [1.29, 1.82) is 0 Å². The first kappa shape index (κ1) is 15.3. The van der Waals surface area contributed by atoms with E-state index in [0.717, 1.165) is 19.7 Å². The number of aromatic nitrogens is 1. The van der Waals surface area contributed by atoms with Crippen LogP contribution in [0.3, 0.4) is 0 Å². The Hall–Kier alpha value is -0.650. The van der Waals surface area contributed by atoms with Gasteiger partial charge in [0.2, 0.25) is 0 Å². The maximum Gasteiger partial charge on any atom is 0.185 e. The molecule has 4 nitrogen and oxygen atoms in total. The Morgan fingerprint density at radius 2 is 2.29 bits per heavy atom. The molecule has 2 heterocycles. The van der Waals surface area contributed by atoms with Gasteiger partial charge in [0.1, 0.15) is 0 Å². The Balaban J connectivity index is 1.68. The minimum atomic E-state index is 0.393. The first-order valence-corrected chi connectivity index (χ1v) is 9.15. The van der Waals surface area contributed by atoms with Crippen molar-refractivity contribution in [2.75, 3.05) is 31.6 Å². The fraction of sp³-hybridized carbons (Fsp3) is 0.812. The first-order valence-electron chi connectivity index (χ1n) is 8.33. The van der Waals surface area contributed by atoms with Crippen molar-refractivity contribution in [3.63, 3.8) is 0 Å². The second kappa shape index (κ2) is 7.07. The summed E-state index contributed by atoms with van der Waals surface area (Å²) < 4.78 is 5.74.